The zero-order valence-electron chi connectivity index (χ0n) is 12.2. The Bertz CT molecular complexity index is 485. The van der Waals surface area contributed by atoms with Gasteiger partial charge in [-0.05, 0) is 31.6 Å². The molecule has 2 fully saturated rings. The fraction of sp³-hybridized carbons (Fsp3) is 0.733. The van der Waals surface area contributed by atoms with E-state index in [-0.39, 0.29) is 17.9 Å². The summed E-state index contributed by atoms with van der Waals surface area (Å²) in [4.78, 5) is 12.3. The molecule has 5 nitrogen and oxygen atoms in total. The van der Waals surface area contributed by atoms with Crippen LogP contribution in [0.15, 0.2) is 6.07 Å². The van der Waals surface area contributed by atoms with Crippen molar-refractivity contribution in [3.63, 3.8) is 0 Å². The second-order valence-electron chi connectivity index (χ2n) is 6.10. The van der Waals surface area contributed by atoms with Crippen LogP contribution in [0.4, 0.5) is 5.82 Å². The van der Waals surface area contributed by atoms with Crippen molar-refractivity contribution >= 4 is 11.7 Å². The number of nitrogens with zero attached hydrogens (tertiary/aromatic N) is 1. The number of H-pyrrole nitrogens is 1. The molecule has 0 unspecified atom stereocenters. The lowest BCUT2D eigenvalue weighted by atomic mass is 9.88. The van der Waals surface area contributed by atoms with Gasteiger partial charge in [0.1, 0.15) is 0 Å². The molecule has 1 aromatic rings. The highest BCUT2D eigenvalue weighted by Gasteiger charge is 2.44. The van der Waals surface area contributed by atoms with E-state index in [1.54, 1.807) is 0 Å². The van der Waals surface area contributed by atoms with Crippen LogP contribution in [0, 0.1) is 5.92 Å². The number of hydrogen-bond acceptors (Lipinski definition) is 3. The van der Waals surface area contributed by atoms with E-state index in [4.69, 9.17) is 4.74 Å². The van der Waals surface area contributed by atoms with Gasteiger partial charge in [0.2, 0.25) is 5.91 Å². The summed E-state index contributed by atoms with van der Waals surface area (Å²) in [6, 6.07) is 1.95. The molecule has 110 valence electrons. The number of aromatic nitrogens is 2. The molecule has 3 rings (SSSR count). The molecule has 0 saturated carbocycles. The molecular weight excluding hydrogens is 254 g/mol. The summed E-state index contributed by atoms with van der Waals surface area (Å²) in [6.45, 7) is 4.34. The van der Waals surface area contributed by atoms with Gasteiger partial charge >= 0.3 is 0 Å². The number of hydrogen-bond donors (Lipinski definition) is 2. The number of rotatable bonds is 5. The van der Waals surface area contributed by atoms with Gasteiger partial charge in [0.05, 0.1) is 18.1 Å². The number of fused-ring (bicyclic) bond motifs is 2. The third kappa shape index (κ3) is 2.59. The van der Waals surface area contributed by atoms with Gasteiger partial charge in [-0.15, -0.1) is 0 Å². The molecule has 2 aliphatic rings. The Balaban J connectivity index is 1.59. The maximum absolute atomic E-state index is 12.3. The van der Waals surface area contributed by atoms with Crippen molar-refractivity contribution in [1.82, 2.24) is 10.2 Å². The van der Waals surface area contributed by atoms with E-state index in [1.165, 1.54) is 0 Å². The molecule has 0 aromatic carbocycles. The van der Waals surface area contributed by atoms with E-state index in [0.29, 0.717) is 17.8 Å². The maximum Gasteiger partial charge on any atom is 0.231 e. The van der Waals surface area contributed by atoms with Gasteiger partial charge in [-0.3, -0.25) is 9.89 Å². The molecule has 0 radical (unpaired) electrons. The van der Waals surface area contributed by atoms with Crippen LogP contribution < -0.4 is 5.32 Å². The zero-order chi connectivity index (χ0) is 14.1. The van der Waals surface area contributed by atoms with Gasteiger partial charge in [-0.1, -0.05) is 20.3 Å². The van der Waals surface area contributed by atoms with Gasteiger partial charge in [0.25, 0.3) is 0 Å². The van der Waals surface area contributed by atoms with Gasteiger partial charge in [-0.25, -0.2) is 0 Å². The normalized spacial score (nSPS) is 29.6. The van der Waals surface area contributed by atoms with E-state index in [0.717, 1.165) is 37.8 Å². The summed E-state index contributed by atoms with van der Waals surface area (Å²) < 4.78 is 5.73. The summed E-state index contributed by atoms with van der Waals surface area (Å²) >= 11 is 0. The molecule has 4 atom stereocenters. The van der Waals surface area contributed by atoms with Gasteiger partial charge in [0.15, 0.2) is 5.82 Å². The molecule has 2 aliphatic heterocycles. The summed E-state index contributed by atoms with van der Waals surface area (Å²) in [7, 11) is 0. The first-order valence-corrected chi connectivity index (χ1v) is 7.69. The summed E-state index contributed by atoms with van der Waals surface area (Å²) in [5.41, 5.74) is 1.09. The summed E-state index contributed by atoms with van der Waals surface area (Å²) in [6.07, 6.45) is 5.67. The van der Waals surface area contributed by atoms with Gasteiger partial charge in [-0.2, -0.15) is 5.10 Å². The molecule has 20 heavy (non-hydrogen) atoms. The van der Waals surface area contributed by atoms with Crippen molar-refractivity contribution in [3.05, 3.63) is 11.8 Å². The van der Waals surface area contributed by atoms with E-state index in [1.807, 2.05) is 6.07 Å². The number of aromatic amines is 1. The summed E-state index contributed by atoms with van der Waals surface area (Å²) in [5.74, 6) is 1.14. The highest BCUT2D eigenvalue weighted by molar-refractivity contribution is 5.92. The lowest BCUT2D eigenvalue weighted by Gasteiger charge is -2.16. The van der Waals surface area contributed by atoms with Crippen molar-refractivity contribution in [2.24, 2.45) is 5.92 Å². The molecule has 0 spiro atoms. The number of nitrogens with one attached hydrogen (secondary N) is 2. The predicted molar refractivity (Wildman–Crippen MR) is 76.5 cm³/mol. The van der Waals surface area contributed by atoms with Crippen LogP contribution in [0.2, 0.25) is 0 Å². The third-order valence-electron chi connectivity index (χ3n) is 4.54. The monoisotopic (exact) mass is 277 g/mol. The molecule has 0 aliphatic carbocycles. The number of ether oxygens (including phenoxy) is 1. The van der Waals surface area contributed by atoms with Crippen molar-refractivity contribution < 1.29 is 9.53 Å². The average molecular weight is 277 g/mol. The van der Waals surface area contributed by atoms with Crippen LogP contribution in [0.1, 0.15) is 57.6 Å². The van der Waals surface area contributed by atoms with Crippen molar-refractivity contribution in [3.8, 4) is 0 Å². The largest absolute Gasteiger partial charge is 0.374 e. The molecule has 2 bridgehead atoms. The minimum atomic E-state index is 0.00182. The first-order chi connectivity index (χ1) is 9.67. The molecule has 5 heteroatoms. The van der Waals surface area contributed by atoms with E-state index < -0.39 is 0 Å². The number of carbonyl (C=O) groups excluding carboxylic acids is 1. The number of anilines is 1. The second-order valence-corrected chi connectivity index (χ2v) is 6.10. The van der Waals surface area contributed by atoms with Crippen molar-refractivity contribution in [1.29, 1.82) is 0 Å². The maximum atomic E-state index is 12.3. The van der Waals surface area contributed by atoms with Crippen LogP contribution in [0.3, 0.4) is 0 Å². The van der Waals surface area contributed by atoms with Crippen LogP contribution in [-0.2, 0) is 9.53 Å². The molecule has 1 amide bonds. The van der Waals surface area contributed by atoms with Crippen LogP contribution in [-0.4, -0.2) is 28.3 Å². The Morgan fingerprint density at radius 3 is 3.10 bits per heavy atom. The van der Waals surface area contributed by atoms with Crippen molar-refractivity contribution in [2.75, 3.05) is 5.32 Å². The number of amides is 1. The Hall–Kier alpha value is -1.36. The predicted octanol–water partition coefficient (Wildman–Crippen LogP) is 2.82. The SMILES string of the molecule is CCC[C@H](C)c1cc(NC(=O)[C@H]2C[C@H]3CC[C@H]2O3)n[nH]1. The minimum Gasteiger partial charge on any atom is -0.374 e. The Kier molecular flexibility index (Phi) is 3.78. The molecule has 3 heterocycles. The lowest BCUT2D eigenvalue weighted by molar-refractivity contribution is -0.121. The summed E-state index contributed by atoms with van der Waals surface area (Å²) in [5, 5.41) is 10.1. The Morgan fingerprint density at radius 1 is 1.60 bits per heavy atom. The smallest absolute Gasteiger partial charge is 0.231 e. The molecule has 2 saturated heterocycles. The Morgan fingerprint density at radius 2 is 2.45 bits per heavy atom. The lowest BCUT2D eigenvalue weighted by Crippen LogP contribution is -2.30. The van der Waals surface area contributed by atoms with E-state index >= 15 is 0 Å². The van der Waals surface area contributed by atoms with E-state index in [9.17, 15) is 4.79 Å². The minimum absolute atomic E-state index is 0.00182. The highest BCUT2D eigenvalue weighted by atomic mass is 16.5. The molecule has 1 aromatic heterocycles. The molecular formula is C15H23N3O2. The quantitative estimate of drug-likeness (QED) is 0.869. The van der Waals surface area contributed by atoms with Crippen LogP contribution >= 0.6 is 0 Å². The average Bonchev–Trinajstić information content (AvgIpc) is 3.14. The Labute approximate surface area is 119 Å². The first kappa shape index (κ1) is 13.6. The standard InChI is InChI=1S/C15H23N3O2/c1-3-4-9(2)12-8-14(18-17-12)16-15(19)11-7-10-5-6-13(11)20-10/h8-11,13H,3-7H2,1-2H3,(H2,16,17,18,19)/t9-,10+,11-,13+/m0/s1. The van der Waals surface area contributed by atoms with E-state index in [2.05, 4.69) is 29.4 Å². The second kappa shape index (κ2) is 5.56. The highest BCUT2D eigenvalue weighted by Crippen LogP contribution is 2.39. The zero-order valence-corrected chi connectivity index (χ0v) is 12.2. The fourth-order valence-corrected chi connectivity index (χ4v) is 3.37. The van der Waals surface area contributed by atoms with Crippen molar-refractivity contribution in [2.45, 2.75) is 64.1 Å². The van der Waals surface area contributed by atoms with Gasteiger partial charge < -0.3 is 10.1 Å². The molecule has 2 N–H and O–H groups in total. The van der Waals surface area contributed by atoms with Crippen LogP contribution in [0.25, 0.3) is 0 Å². The van der Waals surface area contributed by atoms with Gasteiger partial charge in [0, 0.05) is 11.8 Å². The third-order valence-corrected chi connectivity index (χ3v) is 4.54. The number of carbonyl (C=O) groups is 1. The fourth-order valence-electron chi connectivity index (χ4n) is 3.37. The first-order valence-electron chi connectivity index (χ1n) is 7.69. The van der Waals surface area contributed by atoms with Crippen LogP contribution in [0.5, 0.6) is 0 Å². The topological polar surface area (TPSA) is 67.0 Å².